The van der Waals surface area contributed by atoms with E-state index >= 15 is 0 Å². The van der Waals surface area contributed by atoms with E-state index in [-0.39, 0.29) is 0 Å². The van der Waals surface area contributed by atoms with Gasteiger partial charge in [-0.25, -0.2) is 0 Å². The average molecular weight is 274 g/mol. The van der Waals surface area contributed by atoms with Crippen molar-refractivity contribution in [1.29, 1.82) is 0 Å². The molecular formula is C17H22O3. The fraction of sp³-hybridized carbons (Fsp3) is 0.529. The summed E-state index contributed by atoms with van der Waals surface area (Å²) in [6.07, 6.45) is 7.86. The van der Waals surface area contributed by atoms with Crippen molar-refractivity contribution in [3.05, 3.63) is 30.0 Å². The van der Waals surface area contributed by atoms with E-state index in [0.29, 0.717) is 6.61 Å². The number of methoxy groups -OCH3 is 1. The molecule has 1 heterocycles. The maximum Gasteiger partial charge on any atom is 0.137 e. The minimum absolute atomic E-state index is 0.681. The van der Waals surface area contributed by atoms with E-state index in [2.05, 4.69) is 12.1 Å². The predicted molar refractivity (Wildman–Crippen MR) is 79.2 cm³/mol. The summed E-state index contributed by atoms with van der Waals surface area (Å²) in [5.74, 6) is 1.89. The van der Waals surface area contributed by atoms with Crippen LogP contribution in [-0.4, -0.2) is 20.3 Å². The molecule has 3 rings (SSSR count). The van der Waals surface area contributed by atoms with Gasteiger partial charge in [-0.2, -0.15) is 0 Å². The minimum atomic E-state index is 0.681. The van der Waals surface area contributed by atoms with Crippen LogP contribution in [0.5, 0.6) is 5.75 Å². The molecular weight excluding hydrogens is 252 g/mol. The number of aryl methyl sites for hydroxylation is 1. The van der Waals surface area contributed by atoms with E-state index in [1.165, 1.54) is 24.8 Å². The lowest BCUT2D eigenvalue weighted by Crippen LogP contribution is -2.02. The van der Waals surface area contributed by atoms with Crippen LogP contribution < -0.4 is 4.74 Å². The van der Waals surface area contributed by atoms with Crippen LogP contribution in [-0.2, 0) is 11.2 Å². The SMILES string of the molecule is COCCCOc1cc(CCC2CC2)cc2occc12. The maximum absolute atomic E-state index is 5.90. The summed E-state index contributed by atoms with van der Waals surface area (Å²) in [5, 5.41) is 1.07. The van der Waals surface area contributed by atoms with Gasteiger partial charge in [0, 0.05) is 20.1 Å². The number of ether oxygens (including phenoxy) is 2. The van der Waals surface area contributed by atoms with Gasteiger partial charge in [0.2, 0.25) is 0 Å². The van der Waals surface area contributed by atoms with Gasteiger partial charge in [0.15, 0.2) is 0 Å². The van der Waals surface area contributed by atoms with Gasteiger partial charge in [-0.3, -0.25) is 0 Å². The second-order valence-corrected chi connectivity index (χ2v) is 5.60. The normalized spacial score (nSPS) is 14.8. The second-order valence-electron chi connectivity index (χ2n) is 5.60. The first-order valence-electron chi connectivity index (χ1n) is 7.48. The van der Waals surface area contributed by atoms with Gasteiger partial charge in [-0.05, 0) is 42.5 Å². The highest BCUT2D eigenvalue weighted by molar-refractivity contribution is 5.84. The van der Waals surface area contributed by atoms with Crippen LogP contribution in [0.25, 0.3) is 11.0 Å². The van der Waals surface area contributed by atoms with E-state index in [0.717, 1.165) is 42.1 Å². The Hall–Kier alpha value is -1.48. The highest BCUT2D eigenvalue weighted by atomic mass is 16.5. The molecule has 1 aromatic carbocycles. The topological polar surface area (TPSA) is 31.6 Å². The molecule has 1 aliphatic rings. The Morgan fingerprint density at radius 1 is 1.25 bits per heavy atom. The molecule has 1 fully saturated rings. The van der Waals surface area contributed by atoms with Gasteiger partial charge >= 0.3 is 0 Å². The fourth-order valence-electron chi connectivity index (χ4n) is 2.52. The highest BCUT2D eigenvalue weighted by Gasteiger charge is 2.21. The molecule has 0 unspecified atom stereocenters. The fourth-order valence-corrected chi connectivity index (χ4v) is 2.52. The predicted octanol–water partition coefficient (Wildman–Crippen LogP) is 4.19. The molecule has 0 aliphatic heterocycles. The van der Waals surface area contributed by atoms with Gasteiger partial charge in [0.25, 0.3) is 0 Å². The monoisotopic (exact) mass is 274 g/mol. The zero-order valence-corrected chi connectivity index (χ0v) is 12.1. The van der Waals surface area contributed by atoms with E-state index in [9.17, 15) is 0 Å². The van der Waals surface area contributed by atoms with Gasteiger partial charge in [0.05, 0.1) is 18.3 Å². The Kier molecular flexibility index (Phi) is 4.26. The summed E-state index contributed by atoms with van der Waals surface area (Å²) in [5.41, 5.74) is 2.25. The zero-order chi connectivity index (χ0) is 13.8. The number of benzene rings is 1. The molecule has 1 aromatic heterocycles. The molecule has 0 N–H and O–H groups in total. The molecule has 0 amide bonds. The molecule has 108 valence electrons. The van der Waals surface area contributed by atoms with Crippen molar-refractivity contribution in [2.24, 2.45) is 5.92 Å². The molecule has 0 spiro atoms. The number of hydrogen-bond acceptors (Lipinski definition) is 3. The molecule has 3 heteroatoms. The van der Waals surface area contributed by atoms with E-state index in [1.54, 1.807) is 13.4 Å². The summed E-state index contributed by atoms with van der Waals surface area (Å²) in [6, 6.07) is 6.30. The third kappa shape index (κ3) is 3.34. The van der Waals surface area contributed by atoms with Crippen molar-refractivity contribution in [3.63, 3.8) is 0 Å². The van der Waals surface area contributed by atoms with Crippen molar-refractivity contribution < 1.29 is 13.9 Å². The number of rotatable bonds is 8. The van der Waals surface area contributed by atoms with Crippen molar-refractivity contribution >= 4 is 11.0 Å². The minimum Gasteiger partial charge on any atom is -0.493 e. The molecule has 1 saturated carbocycles. The number of fused-ring (bicyclic) bond motifs is 1. The third-order valence-corrected chi connectivity index (χ3v) is 3.88. The molecule has 0 bridgehead atoms. The van der Waals surface area contributed by atoms with E-state index in [4.69, 9.17) is 13.9 Å². The Balaban J connectivity index is 1.71. The molecule has 20 heavy (non-hydrogen) atoms. The van der Waals surface area contributed by atoms with E-state index < -0.39 is 0 Å². The van der Waals surface area contributed by atoms with Crippen LogP contribution in [0.15, 0.2) is 28.9 Å². The van der Waals surface area contributed by atoms with Gasteiger partial charge in [-0.15, -0.1) is 0 Å². The molecule has 1 aliphatic carbocycles. The standard InChI is InChI=1S/C17H22O3/c1-18-8-2-9-19-16-11-14(6-5-13-3-4-13)12-17-15(16)7-10-20-17/h7,10-13H,2-6,8-9H2,1H3. The maximum atomic E-state index is 5.90. The molecule has 0 saturated heterocycles. The smallest absolute Gasteiger partial charge is 0.137 e. The van der Waals surface area contributed by atoms with Crippen molar-refractivity contribution in [1.82, 2.24) is 0 Å². The van der Waals surface area contributed by atoms with Crippen LogP contribution in [0.4, 0.5) is 0 Å². The van der Waals surface area contributed by atoms with Gasteiger partial charge in [-0.1, -0.05) is 12.8 Å². The highest BCUT2D eigenvalue weighted by Crippen LogP contribution is 2.35. The quantitative estimate of drug-likeness (QED) is 0.676. The molecule has 0 atom stereocenters. The summed E-state index contributed by atoms with van der Waals surface area (Å²) in [4.78, 5) is 0. The van der Waals surface area contributed by atoms with Gasteiger partial charge in [0.1, 0.15) is 11.3 Å². The van der Waals surface area contributed by atoms with Crippen molar-refractivity contribution in [3.8, 4) is 5.75 Å². The van der Waals surface area contributed by atoms with Crippen LogP contribution in [0.2, 0.25) is 0 Å². The Bertz CT molecular complexity index is 554. The Morgan fingerprint density at radius 2 is 2.15 bits per heavy atom. The molecule has 3 nitrogen and oxygen atoms in total. The molecule has 0 radical (unpaired) electrons. The van der Waals surface area contributed by atoms with Crippen LogP contribution in [0.3, 0.4) is 0 Å². The zero-order valence-electron chi connectivity index (χ0n) is 12.1. The summed E-state index contributed by atoms with van der Waals surface area (Å²) >= 11 is 0. The first kappa shape index (κ1) is 13.5. The summed E-state index contributed by atoms with van der Waals surface area (Å²) < 4.78 is 16.5. The van der Waals surface area contributed by atoms with Crippen LogP contribution in [0.1, 0.15) is 31.2 Å². The first-order valence-corrected chi connectivity index (χ1v) is 7.48. The summed E-state index contributed by atoms with van der Waals surface area (Å²) in [7, 11) is 1.72. The van der Waals surface area contributed by atoms with Crippen molar-refractivity contribution in [2.45, 2.75) is 32.1 Å². The van der Waals surface area contributed by atoms with Crippen LogP contribution >= 0.6 is 0 Å². The van der Waals surface area contributed by atoms with Crippen molar-refractivity contribution in [2.75, 3.05) is 20.3 Å². The number of furan rings is 1. The number of hydrogen-bond donors (Lipinski definition) is 0. The lowest BCUT2D eigenvalue weighted by atomic mass is 10.1. The summed E-state index contributed by atoms with van der Waals surface area (Å²) in [6.45, 7) is 1.41. The van der Waals surface area contributed by atoms with Gasteiger partial charge < -0.3 is 13.9 Å². The Morgan fingerprint density at radius 3 is 2.95 bits per heavy atom. The first-order chi connectivity index (χ1) is 9.86. The average Bonchev–Trinajstić information content (AvgIpc) is 3.17. The molecule has 2 aromatic rings. The van der Waals surface area contributed by atoms with E-state index in [1.807, 2.05) is 6.07 Å². The van der Waals surface area contributed by atoms with Crippen LogP contribution in [0, 0.1) is 5.92 Å². The second kappa shape index (κ2) is 6.31. The third-order valence-electron chi connectivity index (χ3n) is 3.88. The lowest BCUT2D eigenvalue weighted by Gasteiger charge is -2.09. The Labute approximate surface area is 119 Å². The lowest BCUT2D eigenvalue weighted by molar-refractivity contribution is 0.172. The largest absolute Gasteiger partial charge is 0.493 e.